The summed E-state index contributed by atoms with van der Waals surface area (Å²) in [6.07, 6.45) is 4.86. The number of para-hydroxylation sites is 1. The average Bonchev–Trinajstić information content (AvgIpc) is 2.46. The zero-order valence-corrected chi connectivity index (χ0v) is 13.6. The van der Waals surface area contributed by atoms with Gasteiger partial charge in [0.1, 0.15) is 11.4 Å². The van der Waals surface area contributed by atoms with E-state index in [1.807, 2.05) is 44.2 Å². The monoisotopic (exact) mass is 305 g/mol. The van der Waals surface area contributed by atoms with Crippen LogP contribution in [0.5, 0.6) is 5.75 Å². The van der Waals surface area contributed by atoms with E-state index >= 15 is 0 Å². The van der Waals surface area contributed by atoms with Crippen molar-refractivity contribution in [2.24, 2.45) is 17.6 Å². The largest absolute Gasteiger partial charge is 0.493 e. The Morgan fingerprint density at radius 1 is 1.14 bits per heavy atom. The molecule has 122 valence electrons. The van der Waals surface area contributed by atoms with E-state index in [0.717, 1.165) is 31.6 Å². The van der Waals surface area contributed by atoms with E-state index in [4.69, 9.17) is 15.2 Å². The molecular weight excluding hydrogens is 278 g/mol. The number of ether oxygens (including phenoxy) is 2. The topological polar surface area (TPSA) is 61.6 Å². The minimum absolute atomic E-state index is 0.468. The van der Waals surface area contributed by atoms with Gasteiger partial charge in [-0.2, -0.15) is 0 Å². The number of amides is 1. The van der Waals surface area contributed by atoms with Crippen LogP contribution in [0.3, 0.4) is 0 Å². The molecule has 2 rings (SSSR count). The first-order valence-corrected chi connectivity index (χ1v) is 8.11. The van der Waals surface area contributed by atoms with E-state index in [9.17, 15) is 4.79 Å². The van der Waals surface area contributed by atoms with Gasteiger partial charge in [0.25, 0.3) is 0 Å². The second-order valence-electron chi connectivity index (χ2n) is 6.90. The van der Waals surface area contributed by atoms with E-state index in [2.05, 4.69) is 0 Å². The van der Waals surface area contributed by atoms with Gasteiger partial charge < -0.3 is 15.2 Å². The Balaban J connectivity index is 1.70. The molecule has 0 atom stereocenters. The maximum Gasteiger partial charge on any atom is 0.405 e. The molecule has 1 saturated carbocycles. The zero-order valence-electron chi connectivity index (χ0n) is 13.6. The second-order valence-corrected chi connectivity index (χ2v) is 6.90. The summed E-state index contributed by atoms with van der Waals surface area (Å²) < 4.78 is 11.0. The lowest BCUT2D eigenvalue weighted by molar-refractivity contribution is 0.0185. The quantitative estimate of drug-likeness (QED) is 0.859. The van der Waals surface area contributed by atoms with Crippen molar-refractivity contribution in [2.45, 2.75) is 51.6 Å². The van der Waals surface area contributed by atoms with Crippen molar-refractivity contribution >= 4 is 6.09 Å². The molecule has 4 heteroatoms. The Morgan fingerprint density at radius 2 is 1.73 bits per heavy atom. The molecule has 1 aliphatic rings. The molecule has 0 heterocycles. The van der Waals surface area contributed by atoms with Gasteiger partial charge in [0.15, 0.2) is 0 Å². The van der Waals surface area contributed by atoms with Crippen LogP contribution in [0.2, 0.25) is 0 Å². The highest BCUT2D eigenvalue weighted by atomic mass is 16.6. The van der Waals surface area contributed by atoms with E-state index in [1.54, 1.807) is 0 Å². The summed E-state index contributed by atoms with van der Waals surface area (Å²) >= 11 is 0. The van der Waals surface area contributed by atoms with Gasteiger partial charge in [-0.25, -0.2) is 4.79 Å². The van der Waals surface area contributed by atoms with Gasteiger partial charge in [0.2, 0.25) is 0 Å². The van der Waals surface area contributed by atoms with Crippen LogP contribution >= 0.6 is 0 Å². The van der Waals surface area contributed by atoms with Gasteiger partial charge in [-0.3, -0.25) is 0 Å². The summed E-state index contributed by atoms with van der Waals surface area (Å²) in [5, 5.41) is 0. The molecule has 0 spiro atoms. The minimum Gasteiger partial charge on any atom is -0.493 e. The molecular formula is C18H27NO3. The molecule has 1 fully saturated rings. The van der Waals surface area contributed by atoms with Crippen LogP contribution in [-0.4, -0.2) is 18.3 Å². The van der Waals surface area contributed by atoms with Gasteiger partial charge in [-0.1, -0.05) is 18.2 Å². The van der Waals surface area contributed by atoms with Crippen LogP contribution in [0, 0.1) is 11.8 Å². The fourth-order valence-electron chi connectivity index (χ4n) is 3.34. The lowest BCUT2D eigenvalue weighted by atomic mass is 9.78. The molecule has 1 aromatic rings. The van der Waals surface area contributed by atoms with E-state index < -0.39 is 11.7 Å². The SMILES string of the molecule is CC(C)(CC1CCC(COc2ccccc2)CC1)OC(N)=O. The standard InChI is InChI=1S/C18H27NO3/c1-18(2,22-17(19)20)12-14-8-10-15(11-9-14)13-21-16-6-4-3-5-7-16/h3-7,14-15H,8-13H2,1-2H3,(H2,19,20). The van der Waals surface area contributed by atoms with Gasteiger partial charge >= 0.3 is 6.09 Å². The van der Waals surface area contributed by atoms with Crippen LogP contribution in [0.1, 0.15) is 46.0 Å². The number of rotatable bonds is 6. The van der Waals surface area contributed by atoms with Gasteiger partial charge in [0, 0.05) is 0 Å². The highest BCUT2D eigenvalue weighted by Crippen LogP contribution is 2.35. The minimum atomic E-state index is -0.685. The number of primary amides is 1. The van der Waals surface area contributed by atoms with Crippen molar-refractivity contribution in [3.05, 3.63) is 30.3 Å². The molecule has 4 nitrogen and oxygen atoms in total. The number of hydrogen-bond acceptors (Lipinski definition) is 3. The average molecular weight is 305 g/mol. The second kappa shape index (κ2) is 7.52. The summed E-state index contributed by atoms with van der Waals surface area (Å²) in [6, 6.07) is 9.97. The first-order chi connectivity index (χ1) is 10.4. The van der Waals surface area contributed by atoms with Crippen LogP contribution in [0.15, 0.2) is 30.3 Å². The van der Waals surface area contributed by atoms with E-state index in [-0.39, 0.29) is 0 Å². The number of benzene rings is 1. The summed E-state index contributed by atoms with van der Waals surface area (Å²) in [5.74, 6) is 2.17. The lowest BCUT2D eigenvalue weighted by Crippen LogP contribution is -2.34. The number of carbonyl (C=O) groups excluding carboxylic acids is 1. The third-order valence-corrected chi connectivity index (χ3v) is 4.35. The van der Waals surface area contributed by atoms with Crippen LogP contribution < -0.4 is 10.5 Å². The molecule has 1 aromatic carbocycles. The molecule has 0 unspecified atom stereocenters. The number of nitrogens with two attached hydrogens (primary N) is 1. The maximum absolute atomic E-state index is 10.9. The molecule has 0 bridgehead atoms. The zero-order chi connectivity index (χ0) is 16.0. The summed E-state index contributed by atoms with van der Waals surface area (Å²) in [7, 11) is 0. The number of hydrogen-bond donors (Lipinski definition) is 1. The molecule has 2 N–H and O–H groups in total. The maximum atomic E-state index is 10.9. The van der Waals surface area contributed by atoms with Gasteiger partial charge in [0.05, 0.1) is 6.61 Å². The third kappa shape index (κ3) is 5.58. The Hall–Kier alpha value is -1.71. The Morgan fingerprint density at radius 3 is 2.32 bits per heavy atom. The van der Waals surface area contributed by atoms with Crippen molar-refractivity contribution in [2.75, 3.05) is 6.61 Å². The van der Waals surface area contributed by atoms with Crippen molar-refractivity contribution < 1.29 is 14.3 Å². The first-order valence-electron chi connectivity index (χ1n) is 8.11. The smallest absolute Gasteiger partial charge is 0.405 e. The molecule has 0 radical (unpaired) electrons. The Labute approximate surface area is 133 Å². The molecule has 1 aliphatic carbocycles. The van der Waals surface area contributed by atoms with Crippen LogP contribution in [-0.2, 0) is 4.74 Å². The Kier molecular flexibility index (Phi) is 5.69. The number of carbonyl (C=O) groups is 1. The van der Waals surface area contributed by atoms with E-state index in [1.165, 1.54) is 12.8 Å². The van der Waals surface area contributed by atoms with Crippen molar-refractivity contribution in [3.63, 3.8) is 0 Å². The van der Waals surface area contributed by atoms with Gasteiger partial charge in [-0.05, 0) is 69.9 Å². The van der Waals surface area contributed by atoms with Gasteiger partial charge in [-0.15, -0.1) is 0 Å². The van der Waals surface area contributed by atoms with Crippen molar-refractivity contribution in [3.8, 4) is 5.75 Å². The Bertz CT molecular complexity index is 464. The molecule has 1 amide bonds. The highest BCUT2D eigenvalue weighted by Gasteiger charge is 2.29. The highest BCUT2D eigenvalue weighted by molar-refractivity contribution is 5.65. The normalized spacial score (nSPS) is 22.1. The molecule has 0 saturated heterocycles. The predicted octanol–water partition coefficient (Wildman–Crippen LogP) is 4.14. The fraction of sp³-hybridized carbons (Fsp3) is 0.611. The van der Waals surface area contributed by atoms with Crippen molar-refractivity contribution in [1.82, 2.24) is 0 Å². The molecule has 0 aliphatic heterocycles. The summed E-state index contributed by atoms with van der Waals surface area (Å²) in [6.45, 7) is 4.66. The molecule has 0 aromatic heterocycles. The van der Waals surface area contributed by atoms with E-state index in [0.29, 0.717) is 11.8 Å². The molecule has 22 heavy (non-hydrogen) atoms. The fourth-order valence-corrected chi connectivity index (χ4v) is 3.34. The van der Waals surface area contributed by atoms with Crippen LogP contribution in [0.25, 0.3) is 0 Å². The summed E-state index contributed by atoms with van der Waals surface area (Å²) in [5.41, 5.74) is 4.65. The predicted molar refractivity (Wildman–Crippen MR) is 86.7 cm³/mol. The van der Waals surface area contributed by atoms with Crippen LogP contribution in [0.4, 0.5) is 4.79 Å². The first kappa shape index (κ1) is 16.7. The summed E-state index contributed by atoms with van der Waals surface area (Å²) in [4.78, 5) is 10.9. The van der Waals surface area contributed by atoms with Crippen molar-refractivity contribution in [1.29, 1.82) is 0 Å². The third-order valence-electron chi connectivity index (χ3n) is 4.35. The lowest BCUT2D eigenvalue weighted by Gasteiger charge is -2.33.